The number of morpholine rings is 1. The summed E-state index contributed by atoms with van der Waals surface area (Å²) in [5, 5.41) is 3.12. The van der Waals surface area contributed by atoms with E-state index >= 15 is 0 Å². The van der Waals surface area contributed by atoms with Crippen LogP contribution in [0.25, 0.3) is 0 Å². The molecule has 0 spiro atoms. The summed E-state index contributed by atoms with van der Waals surface area (Å²) in [7, 11) is -2.31. The van der Waals surface area contributed by atoms with Gasteiger partial charge >= 0.3 is 0 Å². The van der Waals surface area contributed by atoms with Crippen LogP contribution < -0.4 is 10.1 Å². The van der Waals surface area contributed by atoms with E-state index in [2.05, 4.69) is 19.2 Å². The van der Waals surface area contributed by atoms with Crippen molar-refractivity contribution in [3.05, 3.63) is 59.7 Å². The molecular weight excluding hydrogens is 428 g/mol. The third-order valence-electron chi connectivity index (χ3n) is 5.42. The highest BCUT2D eigenvalue weighted by molar-refractivity contribution is 7.89. The Labute approximate surface area is 190 Å². The zero-order chi connectivity index (χ0) is 23.1. The molecule has 1 heterocycles. The number of nitrogens with zero attached hydrogens (tertiary/aromatic N) is 1. The summed E-state index contributed by atoms with van der Waals surface area (Å²) in [6, 6.07) is 14.7. The molecule has 8 heteroatoms. The fraction of sp³-hybridized carbons (Fsp3) is 0.458. The first-order valence-corrected chi connectivity index (χ1v) is 12.3. The predicted molar refractivity (Wildman–Crippen MR) is 123 cm³/mol. The Bertz CT molecular complexity index is 1000. The van der Waals surface area contributed by atoms with Crippen LogP contribution in [0, 0.1) is 5.92 Å². The summed E-state index contributed by atoms with van der Waals surface area (Å²) >= 11 is 0. The molecule has 1 atom stereocenters. The number of rotatable bonds is 9. The average Bonchev–Trinajstić information content (AvgIpc) is 2.79. The highest BCUT2D eigenvalue weighted by atomic mass is 32.2. The first-order chi connectivity index (χ1) is 15.3. The van der Waals surface area contributed by atoms with E-state index < -0.39 is 10.0 Å². The Kier molecular flexibility index (Phi) is 8.28. The lowest BCUT2D eigenvalue weighted by atomic mass is 9.96. The summed E-state index contributed by atoms with van der Waals surface area (Å²) in [4.78, 5) is 13.0. The van der Waals surface area contributed by atoms with Gasteiger partial charge in [-0.2, -0.15) is 4.31 Å². The Balaban J connectivity index is 1.79. The van der Waals surface area contributed by atoms with E-state index in [1.54, 1.807) is 18.2 Å². The van der Waals surface area contributed by atoms with Gasteiger partial charge in [-0.3, -0.25) is 4.79 Å². The van der Waals surface area contributed by atoms with Crippen LogP contribution in [0.1, 0.15) is 37.4 Å². The molecule has 1 amide bonds. The standard InChI is InChI=1S/C24H32N2O5S/c1-18(2)15-21(20-7-5-4-6-8-20)25-24(27)17-19-9-10-22(30-3)23(16-19)32(28,29)26-11-13-31-14-12-26/h4-10,16,18,21H,11-15,17H2,1-3H3,(H,25,27). The van der Waals surface area contributed by atoms with E-state index in [1.165, 1.54) is 11.4 Å². The van der Waals surface area contributed by atoms with Gasteiger partial charge in [0, 0.05) is 13.1 Å². The van der Waals surface area contributed by atoms with Crippen LogP contribution in [0.4, 0.5) is 0 Å². The maximum Gasteiger partial charge on any atom is 0.246 e. The SMILES string of the molecule is COc1ccc(CC(=O)NC(CC(C)C)c2ccccc2)cc1S(=O)(=O)N1CCOCC1. The van der Waals surface area contributed by atoms with Gasteiger partial charge in [0.1, 0.15) is 10.6 Å². The van der Waals surface area contributed by atoms with Crippen molar-refractivity contribution in [2.75, 3.05) is 33.4 Å². The van der Waals surface area contributed by atoms with E-state index in [4.69, 9.17) is 9.47 Å². The normalized spacial score (nSPS) is 16.0. The van der Waals surface area contributed by atoms with Gasteiger partial charge < -0.3 is 14.8 Å². The minimum Gasteiger partial charge on any atom is -0.495 e. The lowest BCUT2D eigenvalue weighted by Crippen LogP contribution is -2.40. The number of ether oxygens (including phenoxy) is 2. The molecule has 1 aliphatic rings. The number of methoxy groups -OCH3 is 1. The zero-order valence-electron chi connectivity index (χ0n) is 18.9. The van der Waals surface area contributed by atoms with Gasteiger partial charge in [-0.05, 0) is 35.6 Å². The van der Waals surface area contributed by atoms with Crippen molar-refractivity contribution in [1.29, 1.82) is 0 Å². The van der Waals surface area contributed by atoms with E-state index in [1.807, 2.05) is 30.3 Å². The second-order valence-corrected chi connectivity index (χ2v) is 10.2. The Morgan fingerprint density at radius 2 is 1.81 bits per heavy atom. The number of hydrogen-bond acceptors (Lipinski definition) is 5. The minimum absolute atomic E-state index is 0.0778. The summed E-state index contributed by atoms with van der Waals surface area (Å²) < 4.78 is 38.3. The molecule has 1 N–H and O–H groups in total. The summed E-state index contributed by atoms with van der Waals surface area (Å²) in [5.41, 5.74) is 1.67. The van der Waals surface area contributed by atoms with Gasteiger partial charge in [-0.15, -0.1) is 0 Å². The summed E-state index contributed by atoms with van der Waals surface area (Å²) in [5.74, 6) is 0.522. The molecule has 0 aliphatic carbocycles. The molecule has 7 nitrogen and oxygen atoms in total. The Morgan fingerprint density at radius 3 is 2.44 bits per heavy atom. The molecule has 2 aromatic carbocycles. The number of hydrogen-bond donors (Lipinski definition) is 1. The third kappa shape index (κ3) is 6.09. The van der Waals surface area contributed by atoms with Gasteiger partial charge in [-0.1, -0.05) is 50.2 Å². The summed E-state index contributed by atoms with van der Waals surface area (Å²) in [6.07, 6.45) is 0.895. The average molecular weight is 461 g/mol. The molecule has 1 aliphatic heterocycles. The molecule has 0 saturated carbocycles. The fourth-order valence-corrected chi connectivity index (χ4v) is 5.44. The van der Waals surface area contributed by atoms with Crippen LogP contribution in [0.5, 0.6) is 5.75 Å². The molecule has 0 radical (unpaired) electrons. The number of nitrogens with one attached hydrogen (secondary N) is 1. The second kappa shape index (κ2) is 10.9. The lowest BCUT2D eigenvalue weighted by Gasteiger charge is -2.27. The predicted octanol–water partition coefficient (Wildman–Crippen LogP) is 3.16. The minimum atomic E-state index is -3.75. The number of benzene rings is 2. The van der Waals surface area contributed by atoms with E-state index in [9.17, 15) is 13.2 Å². The van der Waals surface area contributed by atoms with E-state index in [0.29, 0.717) is 37.8 Å². The quantitative estimate of drug-likeness (QED) is 0.621. The van der Waals surface area contributed by atoms with Crippen molar-refractivity contribution in [2.24, 2.45) is 5.92 Å². The van der Waals surface area contributed by atoms with Crippen LogP contribution in [-0.4, -0.2) is 52.0 Å². The van der Waals surface area contributed by atoms with Crippen molar-refractivity contribution in [1.82, 2.24) is 9.62 Å². The van der Waals surface area contributed by atoms with Crippen molar-refractivity contribution in [3.63, 3.8) is 0 Å². The molecule has 1 saturated heterocycles. The van der Waals surface area contributed by atoms with Crippen LogP contribution in [0.2, 0.25) is 0 Å². The molecule has 1 fully saturated rings. The van der Waals surface area contributed by atoms with Crippen LogP contribution >= 0.6 is 0 Å². The first-order valence-electron chi connectivity index (χ1n) is 10.9. The molecule has 32 heavy (non-hydrogen) atoms. The van der Waals surface area contributed by atoms with E-state index in [0.717, 1.165) is 12.0 Å². The van der Waals surface area contributed by atoms with Crippen LogP contribution in [0.3, 0.4) is 0 Å². The largest absolute Gasteiger partial charge is 0.495 e. The maximum atomic E-state index is 13.2. The maximum absolute atomic E-state index is 13.2. The number of carbonyl (C=O) groups is 1. The molecule has 3 rings (SSSR count). The van der Waals surface area contributed by atoms with Crippen molar-refractivity contribution >= 4 is 15.9 Å². The number of sulfonamides is 1. The van der Waals surface area contributed by atoms with Crippen LogP contribution in [-0.2, 0) is 26.0 Å². The summed E-state index contributed by atoms with van der Waals surface area (Å²) in [6.45, 7) is 5.55. The van der Waals surface area contributed by atoms with Gasteiger partial charge in [0.05, 0.1) is 32.8 Å². The van der Waals surface area contributed by atoms with Crippen molar-refractivity contribution < 1.29 is 22.7 Å². The molecule has 2 aromatic rings. The molecule has 1 unspecified atom stereocenters. The highest BCUT2D eigenvalue weighted by Gasteiger charge is 2.29. The van der Waals surface area contributed by atoms with Gasteiger partial charge in [-0.25, -0.2) is 8.42 Å². The molecular formula is C24H32N2O5S. The van der Waals surface area contributed by atoms with Crippen molar-refractivity contribution in [3.8, 4) is 5.75 Å². The second-order valence-electron chi connectivity index (χ2n) is 8.34. The first kappa shape index (κ1) is 24.2. The van der Waals surface area contributed by atoms with Gasteiger partial charge in [0.25, 0.3) is 0 Å². The smallest absolute Gasteiger partial charge is 0.246 e. The monoisotopic (exact) mass is 460 g/mol. The third-order valence-corrected chi connectivity index (χ3v) is 7.34. The molecule has 0 bridgehead atoms. The zero-order valence-corrected chi connectivity index (χ0v) is 19.7. The van der Waals surface area contributed by atoms with E-state index in [-0.39, 0.29) is 29.0 Å². The number of carbonyl (C=O) groups excluding carboxylic acids is 1. The number of amides is 1. The topological polar surface area (TPSA) is 84.9 Å². The molecule has 0 aromatic heterocycles. The van der Waals surface area contributed by atoms with Gasteiger partial charge in [0.15, 0.2) is 0 Å². The lowest BCUT2D eigenvalue weighted by molar-refractivity contribution is -0.121. The Morgan fingerprint density at radius 1 is 1.12 bits per heavy atom. The van der Waals surface area contributed by atoms with Gasteiger partial charge in [0.2, 0.25) is 15.9 Å². The Hall–Kier alpha value is -2.42. The highest BCUT2D eigenvalue weighted by Crippen LogP contribution is 2.29. The molecule has 174 valence electrons. The fourth-order valence-electron chi connectivity index (χ4n) is 3.82. The van der Waals surface area contributed by atoms with Crippen LogP contribution in [0.15, 0.2) is 53.4 Å². The van der Waals surface area contributed by atoms with Crippen molar-refractivity contribution in [2.45, 2.75) is 37.6 Å².